The molecule has 0 saturated heterocycles. The molecule has 2 atom stereocenters. The van der Waals surface area contributed by atoms with Gasteiger partial charge in [0.25, 0.3) is 0 Å². The first-order valence-corrected chi connectivity index (χ1v) is 13.7. The predicted molar refractivity (Wildman–Crippen MR) is 145 cm³/mol. The van der Waals surface area contributed by atoms with Gasteiger partial charge in [0.15, 0.2) is 0 Å². The zero-order valence-electron chi connectivity index (χ0n) is 22.7. The number of aromatic nitrogens is 2. The molecule has 2 unspecified atom stereocenters. The molecule has 12 nitrogen and oxygen atoms in total. The zero-order chi connectivity index (χ0) is 28.7. The fraction of sp³-hybridized carbons (Fsp3) is 0.571. The first-order chi connectivity index (χ1) is 19.4. The van der Waals surface area contributed by atoms with Gasteiger partial charge >= 0.3 is 11.9 Å². The molecule has 4 N–H and O–H groups in total. The van der Waals surface area contributed by atoms with Gasteiger partial charge in [0, 0.05) is 39.3 Å². The second kappa shape index (κ2) is 17.0. The largest absolute Gasteiger partial charge is 0.477 e. The van der Waals surface area contributed by atoms with E-state index < -0.39 is 11.9 Å². The molecular weight excluding hydrogens is 520 g/mol. The number of aliphatic hydroxyl groups is 2. The zero-order valence-corrected chi connectivity index (χ0v) is 22.7. The van der Waals surface area contributed by atoms with Crippen LogP contribution < -0.4 is 0 Å². The fourth-order valence-corrected chi connectivity index (χ4v) is 4.76. The van der Waals surface area contributed by atoms with Gasteiger partial charge in [-0.25, -0.2) is 19.6 Å². The van der Waals surface area contributed by atoms with E-state index in [1.807, 2.05) is 9.80 Å². The number of hydrogen-bond acceptors (Lipinski definition) is 10. The Morgan fingerprint density at radius 3 is 1.52 bits per heavy atom. The summed E-state index contributed by atoms with van der Waals surface area (Å²) in [5.41, 5.74) is 1.21. The van der Waals surface area contributed by atoms with Crippen LogP contribution in [-0.2, 0) is 22.6 Å². The van der Waals surface area contributed by atoms with Crippen molar-refractivity contribution in [3.8, 4) is 0 Å². The SMILES string of the molecule is O=C(O)c1cccc(CN(CCO)CCOC2CCCCC2OCCN(CCO)Cc2cccc(C(=O)O)n2)n1. The van der Waals surface area contributed by atoms with Crippen LogP contribution in [0.1, 0.15) is 58.0 Å². The van der Waals surface area contributed by atoms with E-state index in [4.69, 9.17) is 9.47 Å². The maximum absolute atomic E-state index is 11.2. The van der Waals surface area contributed by atoms with Gasteiger partial charge in [0.2, 0.25) is 0 Å². The van der Waals surface area contributed by atoms with Crippen molar-refractivity contribution < 1.29 is 39.5 Å². The number of carbonyl (C=O) groups is 2. The number of aromatic carboxylic acids is 2. The smallest absolute Gasteiger partial charge is 0.354 e. The van der Waals surface area contributed by atoms with Crippen LogP contribution in [0.3, 0.4) is 0 Å². The van der Waals surface area contributed by atoms with Gasteiger partial charge in [0.05, 0.1) is 50.0 Å². The molecule has 12 heteroatoms. The lowest BCUT2D eigenvalue weighted by Crippen LogP contribution is -2.39. The average molecular weight is 561 g/mol. The van der Waals surface area contributed by atoms with Crippen molar-refractivity contribution in [2.24, 2.45) is 0 Å². The van der Waals surface area contributed by atoms with Crippen molar-refractivity contribution in [2.45, 2.75) is 51.0 Å². The van der Waals surface area contributed by atoms with E-state index in [1.54, 1.807) is 24.3 Å². The Hall–Kier alpha value is -3.00. The average Bonchev–Trinajstić information content (AvgIpc) is 2.94. The number of carboxylic acids is 2. The molecule has 0 amide bonds. The molecule has 0 radical (unpaired) electrons. The normalized spacial score (nSPS) is 17.4. The van der Waals surface area contributed by atoms with E-state index in [9.17, 15) is 30.0 Å². The first-order valence-electron chi connectivity index (χ1n) is 13.7. The van der Waals surface area contributed by atoms with Crippen LogP contribution in [0, 0.1) is 0 Å². The summed E-state index contributed by atoms with van der Waals surface area (Å²) in [5.74, 6) is -2.16. The topological polar surface area (TPSA) is 166 Å². The second-order valence-corrected chi connectivity index (χ2v) is 9.74. The summed E-state index contributed by atoms with van der Waals surface area (Å²) in [6.45, 7) is 3.54. The maximum atomic E-state index is 11.2. The number of carboxylic acid groups (broad SMARTS) is 2. The molecule has 1 saturated carbocycles. The summed E-state index contributed by atoms with van der Waals surface area (Å²) < 4.78 is 12.5. The molecule has 1 fully saturated rings. The molecule has 2 aromatic heterocycles. The van der Waals surface area contributed by atoms with Crippen LogP contribution in [0.15, 0.2) is 36.4 Å². The van der Waals surface area contributed by atoms with Gasteiger partial charge in [-0.2, -0.15) is 0 Å². The summed E-state index contributed by atoms with van der Waals surface area (Å²) in [4.78, 5) is 34.7. The third-order valence-corrected chi connectivity index (χ3v) is 6.78. The quantitative estimate of drug-likeness (QED) is 0.208. The summed E-state index contributed by atoms with van der Waals surface area (Å²) in [6.07, 6.45) is 3.77. The van der Waals surface area contributed by atoms with Gasteiger partial charge in [-0.1, -0.05) is 25.0 Å². The van der Waals surface area contributed by atoms with Gasteiger partial charge in [0.1, 0.15) is 11.4 Å². The van der Waals surface area contributed by atoms with Crippen molar-refractivity contribution >= 4 is 11.9 Å². The minimum atomic E-state index is -1.08. The highest BCUT2D eigenvalue weighted by molar-refractivity contribution is 5.85. The number of rotatable bonds is 18. The van der Waals surface area contributed by atoms with Crippen LogP contribution in [0.5, 0.6) is 0 Å². The van der Waals surface area contributed by atoms with Crippen molar-refractivity contribution in [1.82, 2.24) is 19.8 Å². The number of aliphatic hydroxyl groups excluding tert-OH is 2. The van der Waals surface area contributed by atoms with Gasteiger partial charge < -0.3 is 29.9 Å². The predicted octanol–water partition coefficient (Wildman–Crippen LogP) is 1.51. The van der Waals surface area contributed by atoms with E-state index in [1.165, 1.54) is 12.1 Å². The molecular formula is C28H40N4O8. The van der Waals surface area contributed by atoms with Crippen LogP contribution in [0.4, 0.5) is 0 Å². The lowest BCUT2D eigenvalue weighted by atomic mass is 9.94. The van der Waals surface area contributed by atoms with Crippen molar-refractivity contribution in [3.63, 3.8) is 0 Å². The summed E-state index contributed by atoms with van der Waals surface area (Å²) in [5, 5.41) is 37.4. The molecule has 2 aromatic rings. The van der Waals surface area contributed by atoms with E-state index in [0.29, 0.717) is 63.9 Å². The lowest BCUT2D eigenvalue weighted by Gasteiger charge is -2.33. The van der Waals surface area contributed by atoms with E-state index in [2.05, 4.69) is 9.97 Å². The monoisotopic (exact) mass is 560 g/mol. The van der Waals surface area contributed by atoms with Gasteiger partial charge in [-0.05, 0) is 37.1 Å². The third kappa shape index (κ3) is 10.5. The number of nitrogens with zero attached hydrogens (tertiary/aromatic N) is 4. The number of pyridine rings is 2. The Bertz CT molecular complexity index is 989. The van der Waals surface area contributed by atoms with Crippen LogP contribution in [-0.4, -0.2) is 117 Å². The van der Waals surface area contributed by atoms with Crippen molar-refractivity contribution in [3.05, 3.63) is 59.2 Å². The minimum Gasteiger partial charge on any atom is -0.477 e. The first kappa shape index (κ1) is 31.5. The van der Waals surface area contributed by atoms with Crippen LogP contribution >= 0.6 is 0 Å². The Kier molecular flexibility index (Phi) is 13.4. The van der Waals surface area contributed by atoms with E-state index in [0.717, 1.165) is 25.7 Å². The summed E-state index contributed by atoms with van der Waals surface area (Å²) in [6, 6.07) is 9.75. The number of ether oxygens (including phenoxy) is 2. The Morgan fingerprint density at radius 2 is 1.15 bits per heavy atom. The van der Waals surface area contributed by atoms with E-state index >= 15 is 0 Å². The molecule has 3 rings (SSSR count). The molecule has 0 bridgehead atoms. The van der Waals surface area contributed by atoms with E-state index in [-0.39, 0.29) is 36.8 Å². The van der Waals surface area contributed by atoms with Crippen molar-refractivity contribution in [1.29, 1.82) is 0 Å². The molecule has 0 aromatic carbocycles. The molecule has 0 spiro atoms. The fourth-order valence-electron chi connectivity index (χ4n) is 4.76. The Balaban J connectivity index is 1.47. The Labute approximate surface area is 234 Å². The van der Waals surface area contributed by atoms with Crippen LogP contribution in [0.25, 0.3) is 0 Å². The second-order valence-electron chi connectivity index (χ2n) is 9.74. The summed E-state index contributed by atoms with van der Waals surface area (Å²) in [7, 11) is 0. The summed E-state index contributed by atoms with van der Waals surface area (Å²) >= 11 is 0. The molecule has 1 aliphatic rings. The molecule has 40 heavy (non-hydrogen) atoms. The van der Waals surface area contributed by atoms with Crippen molar-refractivity contribution in [2.75, 3.05) is 52.6 Å². The lowest BCUT2D eigenvalue weighted by molar-refractivity contribution is -0.0983. The maximum Gasteiger partial charge on any atom is 0.354 e. The highest BCUT2D eigenvalue weighted by atomic mass is 16.5. The highest BCUT2D eigenvalue weighted by Gasteiger charge is 2.27. The Morgan fingerprint density at radius 1 is 0.725 bits per heavy atom. The molecule has 0 aliphatic heterocycles. The molecule has 2 heterocycles. The minimum absolute atomic E-state index is 0.0116. The standard InChI is InChI=1S/C28H40N4O8/c33-15-11-31(19-21-5-3-7-23(29-21)27(35)36)13-17-39-25-9-1-2-10-26(25)40-18-14-32(12-16-34)20-22-6-4-8-24(30-22)28(37)38/h3-8,25-26,33-34H,1-2,9-20H2,(H,35,36)(H,37,38). The van der Waals surface area contributed by atoms with Gasteiger partial charge in [-0.15, -0.1) is 0 Å². The van der Waals surface area contributed by atoms with Crippen LogP contribution in [0.2, 0.25) is 0 Å². The highest BCUT2D eigenvalue weighted by Crippen LogP contribution is 2.24. The molecule has 1 aliphatic carbocycles. The third-order valence-electron chi connectivity index (χ3n) is 6.78. The molecule has 220 valence electrons. The van der Waals surface area contributed by atoms with Gasteiger partial charge in [-0.3, -0.25) is 9.80 Å². The number of hydrogen-bond donors (Lipinski definition) is 4.